The molecule has 5 rings (SSSR count). The van der Waals surface area contributed by atoms with Crippen molar-refractivity contribution in [3.05, 3.63) is 30.6 Å². The number of fused-ring (bicyclic) bond motifs is 1. The number of carbonyl (C=O) groups is 1. The van der Waals surface area contributed by atoms with E-state index >= 15 is 0 Å². The van der Waals surface area contributed by atoms with Crippen molar-refractivity contribution in [1.82, 2.24) is 14.9 Å². The lowest BCUT2D eigenvalue weighted by Crippen LogP contribution is -2.47. The predicted octanol–water partition coefficient (Wildman–Crippen LogP) is 2.75. The quantitative estimate of drug-likeness (QED) is 0.868. The molecule has 3 fully saturated rings. The van der Waals surface area contributed by atoms with Gasteiger partial charge in [0.25, 0.3) is 0 Å². The number of carbonyl (C=O) groups excluding carboxylic acids is 1. The minimum Gasteiger partial charge on any atom is -0.393 e. The molecule has 1 spiro atoms. The minimum atomic E-state index is -0.274. The number of likely N-dealkylation sites (tertiary alicyclic amines) is 1. The lowest BCUT2D eigenvalue weighted by Gasteiger charge is -2.39. The van der Waals surface area contributed by atoms with Crippen LogP contribution in [0.1, 0.15) is 44.9 Å². The Morgan fingerprint density at radius 1 is 1.04 bits per heavy atom. The van der Waals surface area contributed by atoms with Crippen LogP contribution in [0, 0.1) is 5.92 Å². The van der Waals surface area contributed by atoms with Gasteiger partial charge in [-0.1, -0.05) is 12.1 Å². The first-order chi connectivity index (χ1) is 13.7. The summed E-state index contributed by atoms with van der Waals surface area (Å²) in [5, 5.41) is 10.7. The molecule has 2 saturated heterocycles. The fraction of sp³-hybridized carbons (Fsp3) is 0.591. The molecule has 28 heavy (non-hydrogen) atoms. The highest BCUT2D eigenvalue weighted by molar-refractivity contribution is 5.89. The number of nitrogens with zero attached hydrogens (tertiary/aromatic N) is 4. The van der Waals surface area contributed by atoms with Gasteiger partial charge in [-0.15, -0.1) is 0 Å². The summed E-state index contributed by atoms with van der Waals surface area (Å²) in [5.74, 6) is 1.33. The third kappa shape index (κ3) is 2.94. The average Bonchev–Trinajstić information content (AvgIpc) is 2.97. The summed E-state index contributed by atoms with van der Waals surface area (Å²) in [6.45, 7) is 2.67. The molecule has 1 aliphatic carbocycles. The summed E-state index contributed by atoms with van der Waals surface area (Å²) in [7, 11) is 0. The summed E-state index contributed by atoms with van der Waals surface area (Å²) in [6, 6.07) is 8.23. The lowest BCUT2D eigenvalue weighted by atomic mass is 9.81. The van der Waals surface area contributed by atoms with Crippen molar-refractivity contribution < 1.29 is 9.90 Å². The Hall–Kier alpha value is -2.21. The number of hydrogen-bond donors (Lipinski definition) is 1. The maximum atomic E-state index is 12.8. The molecule has 3 aliphatic rings. The minimum absolute atomic E-state index is 0.0366. The highest BCUT2D eigenvalue weighted by atomic mass is 16.3. The van der Waals surface area contributed by atoms with Gasteiger partial charge in [0, 0.05) is 36.5 Å². The van der Waals surface area contributed by atoms with Gasteiger partial charge in [0.1, 0.15) is 12.1 Å². The second-order valence-corrected chi connectivity index (χ2v) is 8.69. The Morgan fingerprint density at radius 2 is 1.82 bits per heavy atom. The number of hydrogen-bond acceptors (Lipinski definition) is 5. The van der Waals surface area contributed by atoms with E-state index in [1.807, 2.05) is 12.1 Å². The van der Waals surface area contributed by atoms with Crippen molar-refractivity contribution in [3.8, 4) is 0 Å². The zero-order chi connectivity index (χ0) is 19.1. The van der Waals surface area contributed by atoms with Crippen molar-refractivity contribution in [2.24, 2.45) is 5.92 Å². The van der Waals surface area contributed by atoms with E-state index in [9.17, 15) is 9.90 Å². The Labute approximate surface area is 165 Å². The number of anilines is 1. The molecule has 2 aliphatic heterocycles. The standard InChI is InChI=1S/C22H28N4O2/c27-17-13-16(14-17)21(28)25-10-3-7-22(9-12-25)8-4-11-26(22)20-18-5-1-2-6-19(18)23-15-24-20/h1-2,5-6,15-17,27H,3-4,7-14H2. The molecule has 1 aromatic carbocycles. The number of para-hydroxylation sites is 1. The second-order valence-electron chi connectivity index (χ2n) is 8.69. The van der Waals surface area contributed by atoms with E-state index < -0.39 is 0 Å². The fourth-order valence-electron chi connectivity index (χ4n) is 5.44. The van der Waals surface area contributed by atoms with E-state index in [2.05, 4.69) is 31.9 Å². The average molecular weight is 380 g/mol. The van der Waals surface area contributed by atoms with Crippen LogP contribution in [0.4, 0.5) is 5.82 Å². The number of aliphatic hydroxyl groups excluding tert-OH is 1. The van der Waals surface area contributed by atoms with Crippen molar-refractivity contribution in [2.75, 3.05) is 24.5 Å². The first kappa shape index (κ1) is 17.9. The Balaban J connectivity index is 1.39. The zero-order valence-corrected chi connectivity index (χ0v) is 16.3. The molecule has 1 N–H and O–H groups in total. The van der Waals surface area contributed by atoms with E-state index in [0.717, 1.165) is 62.0 Å². The highest BCUT2D eigenvalue weighted by Gasteiger charge is 2.44. The first-order valence-electron chi connectivity index (χ1n) is 10.6. The van der Waals surface area contributed by atoms with Crippen LogP contribution in [-0.4, -0.2) is 57.2 Å². The summed E-state index contributed by atoms with van der Waals surface area (Å²) < 4.78 is 0. The normalized spacial score (nSPS) is 30.5. The molecule has 3 heterocycles. The van der Waals surface area contributed by atoms with Crippen LogP contribution in [0.25, 0.3) is 10.9 Å². The molecular formula is C22H28N4O2. The van der Waals surface area contributed by atoms with Crippen LogP contribution in [0.5, 0.6) is 0 Å². The van der Waals surface area contributed by atoms with Gasteiger partial charge in [-0.25, -0.2) is 9.97 Å². The Bertz CT molecular complexity index is 876. The molecule has 1 unspecified atom stereocenters. The van der Waals surface area contributed by atoms with Crippen molar-refractivity contribution in [3.63, 3.8) is 0 Å². The molecule has 1 atom stereocenters. The molecule has 0 radical (unpaired) electrons. The fourth-order valence-corrected chi connectivity index (χ4v) is 5.44. The van der Waals surface area contributed by atoms with E-state index in [1.165, 1.54) is 6.42 Å². The summed E-state index contributed by atoms with van der Waals surface area (Å²) in [6.07, 6.45) is 8.13. The molecule has 1 saturated carbocycles. The summed E-state index contributed by atoms with van der Waals surface area (Å²) in [4.78, 5) is 26.5. The number of rotatable bonds is 2. The third-order valence-electron chi connectivity index (χ3n) is 7.07. The van der Waals surface area contributed by atoms with Gasteiger partial charge in [-0.2, -0.15) is 0 Å². The van der Waals surface area contributed by atoms with Gasteiger partial charge in [-0.3, -0.25) is 4.79 Å². The molecule has 148 valence electrons. The molecule has 6 heteroatoms. The second kappa shape index (κ2) is 6.99. The van der Waals surface area contributed by atoms with Crippen molar-refractivity contribution in [1.29, 1.82) is 0 Å². The molecule has 1 amide bonds. The number of benzene rings is 1. The van der Waals surface area contributed by atoms with Gasteiger partial charge in [0.2, 0.25) is 5.91 Å². The molecule has 1 aromatic heterocycles. The molecule has 0 bridgehead atoms. The Morgan fingerprint density at radius 3 is 2.64 bits per heavy atom. The monoisotopic (exact) mass is 380 g/mol. The predicted molar refractivity (Wildman–Crippen MR) is 108 cm³/mol. The maximum absolute atomic E-state index is 12.8. The highest BCUT2D eigenvalue weighted by Crippen LogP contribution is 2.43. The Kier molecular flexibility index (Phi) is 4.46. The maximum Gasteiger partial charge on any atom is 0.225 e. The topological polar surface area (TPSA) is 69.6 Å². The third-order valence-corrected chi connectivity index (χ3v) is 7.07. The summed E-state index contributed by atoms with van der Waals surface area (Å²) in [5.41, 5.74) is 1.08. The molecule has 6 nitrogen and oxygen atoms in total. The first-order valence-corrected chi connectivity index (χ1v) is 10.6. The van der Waals surface area contributed by atoms with Gasteiger partial charge in [0.05, 0.1) is 11.6 Å². The number of aromatic nitrogens is 2. The van der Waals surface area contributed by atoms with Gasteiger partial charge < -0.3 is 14.9 Å². The van der Waals surface area contributed by atoms with E-state index in [-0.39, 0.29) is 23.5 Å². The number of aliphatic hydroxyl groups is 1. The molecule has 2 aromatic rings. The van der Waals surface area contributed by atoms with Gasteiger partial charge >= 0.3 is 0 Å². The van der Waals surface area contributed by atoms with Crippen molar-refractivity contribution >= 4 is 22.6 Å². The SMILES string of the molecule is O=C(C1CC(O)C1)N1CCCC2(CCCN2c2ncnc3ccccc23)CC1. The van der Waals surface area contributed by atoms with Crippen LogP contribution in [0.15, 0.2) is 30.6 Å². The van der Waals surface area contributed by atoms with E-state index in [0.29, 0.717) is 12.8 Å². The van der Waals surface area contributed by atoms with Crippen LogP contribution in [-0.2, 0) is 4.79 Å². The van der Waals surface area contributed by atoms with E-state index in [4.69, 9.17) is 0 Å². The van der Waals surface area contributed by atoms with Crippen LogP contribution in [0.3, 0.4) is 0 Å². The number of amides is 1. The van der Waals surface area contributed by atoms with Gasteiger partial charge in [-0.05, 0) is 57.1 Å². The lowest BCUT2D eigenvalue weighted by molar-refractivity contribution is -0.142. The summed E-state index contributed by atoms with van der Waals surface area (Å²) >= 11 is 0. The molecular weight excluding hydrogens is 352 g/mol. The van der Waals surface area contributed by atoms with Crippen LogP contribution >= 0.6 is 0 Å². The van der Waals surface area contributed by atoms with Gasteiger partial charge in [0.15, 0.2) is 0 Å². The largest absolute Gasteiger partial charge is 0.393 e. The zero-order valence-electron chi connectivity index (χ0n) is 16.3. The van der Waals surface area contributed by atoms with E-state index in [1.54, 1.807) is 6.33 Å². The smallest absolute Gasteiger partial charge is 0.225 e. The van der Waals surface area contributed by atoms with Crippen LogP contribution < -0.4 is 4.90 Å². The van der Waals surface area contributed by atoms with Crippen LogP contribution in [0.2, 0.25) is 0 Å². The van der Waals surface area contributed by atoms with Crippen molar-refractivity contribution in [2.45, 2.75) is 56.6 Å².